The van der Waals surface area contributed by atoms with Crippen molar-refractivity contribution in [2.75, 3.05) is 57.4 Å². The van der Waals surface area contributed by atoms with E-state index in [0.29, 0.717) is 30.0 Å². The molecule has 0 radical (unpaired) electrons. The van der Waals surface area contributed by atoms with Gasteiger partial charge in [-0.2, -0.15) is 9.61 Å². The minimum atomic E-state index is -0.711. The lowest BCUT2D eigenvalue weighted by atomic mass is 9.99. The van der Waals surface area contributed by atoms with Crippen molar-refractivity contribution in [3.05, 3.63) is 101 Å². The molecule has 5 aromatic rings. The first-order valence-corrected chi connectivity index (χ1v) is 21.6. The summed E-state index contributed by atoms with van der Waals surface area (Å²) in [5.41, 5.74) is 8.30. The number of nitrogens with one attached hydrogen (secondary N) is 2. The fraction of sp³-hybridized carbons (Fsp3) is 0.404. The van der Waals surface area contributed by atoms with Gasteiger partial charge in [0.1, 0.15) is 17.6 Å². The van der Waals surface area contributed by atoms with E-state index in [-0.39, 0.29) is 50.3 Å². The molecule has 5 heterocycles. The lowest BCUT2D eigenvalue weighted by Crippen LogP contribution is -2.52. The maximum Gasteiger partial charge on any atom is 0.257 e. The number of aliphatic hydroxyl groups excluding tert-OH is 1. The van der Waals surface area contributed by atoms with Gasteiger partial charge in [-0.3, -0.25) is 29.4 Å². The molecule has 3 aliphatic rings. The molecule has 1 unspecified atom stereocenters. The maximum atomic E-state index is 13.1. The molecule has 8 rings (SSSR count). The van der Waals surface area contributed by atoms with Crippen LogP contribution >= 0.6 is 0 Å². The van der Waals surface area contributed by atoms with Crippen molar-refractivity contribution in [1.29, 1.82) is 0 Å². The van der Waals surface area contributed by atoms with E-state index in [1.165, 1.54) is 10.5 Å². The number of imide groups is 1. The number of benzene rings is 3. The monoisotopic (exact) mass is 826 g/mol. The highest BCUT2D eigenvalue weighted by molar-refractivity contribution is 6.05. The number of hydrogen-bond acceptors (Lipinski definition) is 10. The Hall–Kier alpha value is -6.12. The third-order valence-corrected chi connectivity index (χ3v) is 12.0. The Morgan fingerprint density at radius 2 is 1.67 bits per heavy atom. The predicted molar refractivity (Wildman–Crippen MR) is 232 cm³/mol. The molecule has 14 heteroatoms. The van der Waals surface area contributed by atoms with Gasteiger partial charge in [-0.15, -0.1) is 0 Å². The number of ether oxygens (including phenoxy) is 1. The van der Waals surface area contributed by atoms with Crippen LogP contribution in [0, 0.1) is 6.92 Å². The second-order valence-electron chi connectivity index (χ2n) is 16.2. The topological polar surface area (TPSA) is 162 Å². The zero-order valence-electron chi connectivity index (χ0n) is 34.8. The van der Waals surface area contributed by atoms with Gasteiger partial charge in [0, 0.05) is 74.0 Å². The number of piperidine rings is 1. The van der Waals surface area contributed by atoms with Gasteiger partial charge in [-0.05, 0) is 55.9 Å². The van der Waals surface area contributed by atoms with E-state index in [0.717, 1.165) is 104 Å². The summed E-state index contributed by atoms with van der Waals surface area (Å²) in [5.74, 6) is 0.163. The summed E-state index contributed by atoms with van der Waals surface area (Å²) in [6.07, 6.45) is 6.51. The summed E-state index contributed by atoms with van der Waals surface area (Å²) in [6, 6.07) is 25.6. The van der Waals surface area contributed by atoms with Crippen LogP contribution in [-0.2, 0) is 27.3 Å². The quantitative estimate of drug-likeness (QED) is 0.0866. The van der Waals surface area contributed by atoms with Gasteiger partial charge in [0.2, 0.25) is 11.8 Å². The molecule has 61 heavy (non-hydrogen) atoms. The fourth-order valence-electron chi connectivity index (χ4n) is 8.75. The number of hydrogen-bond donors (Lipinski definition) is 3. The lowest BCUT2D eigenvalue weighted by molar-refractivity contribution is -0.137. The number of fused-ring (bicyclic) bond motifs is 2. The fourth-order valence-corrected chi connectivity index (χ4v) is 8.75. The van der Waals surface area contributed by atoms with Crippen LogP contribution in [0.5, 0.6) is 5.75 Å². The molecule has 3 aromatic carbocycles. The average molecular weight is 827 g/mol. The summed E-state index contributed by atoms with van der Waals surface area (Å²) in [7, 11) is 0. The molecular formula is C47H54N8O6. The number of carbonyl (C=O) groups is 4. The number of aromatic nitrogens is 3. The zero-order valence-corrected chi connectivity index (χ0v) is 34.8. The van der Waals surface area contributed by atoms with Crippen LogP contribution in [0.3, 0.4) is 0 Å². The van der Waals surface area contributed by atoms with Gasteiger partial charge < -0.3 is 25.0 Å². The Balaban J connectivity index is 0.808. The largest absolute Gasteiger partial charge is 0.483 e. The molecule has 3 N–H and O–H groups in total. The zero-order chi connectivity index (χ0) is 42.3. The van der Waals surface area contributed by atoms with Crippen LogP contribution < -0.4 is 20.3 Å². The van der Waals surface area contributed by atoms with E-state index in [2.05, 4.69) is 69.8 Å². The summed E-state index contributed by atoms with van der Waals surface area (Å²) in [6.45, 7) is 6.95. The third-order valence-electron chi connectivity index (χ3n) is 12.0. The number of piperazine rings is 1. The van der Waals surface area contributed by atoms with E-state index >= 15 is 0 Å². The van der Waals surface area contributed by atoms with Crippen molar-refractivity contribution >= 4 is 35.1 Å². The average Bonchev–Trinajstić information content (AvgIpc) is 3.79. The molecule has 2 saturated heterocycles. The Kier molecular flexibility index (Phi) is 13.0. The Morgan fingerprint density at radius 3 is 2.48 bits per heavy atom. The first-order chi connectivity index (χ1) is 29.8. The van der Waals surface area contributed by atoms with E-state index in [1.54, 1.807) is 18.2 Å². The third kappa shape index (κ3) is 9.45. The number of aryl methyl sites for hydroxylation is 2. The first kappa shape index (κ1) is 41.6. The molecule has 2 fully saturated rings. The number of rotatable bonds is 17. The summed E-state index contributed by atoms with van der Waals surface area (Å²) in [4.78, 5) is 61.1. The molecule has 0 saturated carbocycles. The normalized spacial score (nSPS) is 16.9. The van der Waals surface area contributed by atoms with E-state index in [1.807, 2.05) is 22.7 Å². The Bertz CT molecular complexity index is 2390. The number of amides is 4. The molecule has 0 spiro atoms. The van der Waals surface area contributed by atoms with Crippen LogP contribution in [0.15, 0.2) is 78.9 Å². The minimum absolute atomic E-state index is 0.168. The van der Waals surface area contributed by atoms with Crippen molar-refractivity contribution < 1.29 is 29.0 Å². The van der Waals surface area contributed by atoms with Crippen LogP contribution in [0.25, 0.3) is 28.0 Å². The highest BCUT2D eigenvalue weighted by Crippen LogP contribution is 2.35. The molecule has 4 amide bonds. The molecule has 2 aromatic heterocycles. The van der Waals surface area contributed by atoms with Crippen LogP contribution in [0.1, 0.15) is 72.1 Å². The molecule has 0 aliphatic carbocycles. The van der Waals surface area contributed by atoms with Gasteiger partial charge in [0.15, 0.2) is 12.3 Å². The van der Waals surface area contributed by atoms with E-state index in [9.17, 15) is 24.3 Å². The Labute approximate surface area is 355 Å². The highest BCUT2D eigenvalue weighted by atomic mass is 16.5. The predicted octanol–water partition coefficient (Wildman–Crippen LogP) is 4.94. The maximum absolute atomic E-state index is 13.1. The van der Waals surface area contributed by atoms with Gasteiger partial charge in [-0.1, -0.05) is 79.9 Å². The summed E-state index contributed by atoms with van der Waals surface area (Å²) in [5, 5.41) is 19.8. The van der Waals surface area contributed by atoms with Crippen LogP contribution in [0.2, 0.25) is 0 Å². The highest BCUT2D eigenvalue weighted by Gasteiger charge is 2.40. The van der Waals surface area contributed by atoms with Gasteiger partial charge in [0.05, 0.1) is 24.5 Å². The number of carbonyl (C=O) groups excluding carboxylic acids is 4. The van der Waals surface area contributed by atoms with Gasteiger partial charge in [0.25, 0.3) is 11.8 Å². The van der Waals surface area contributed by atoms with Crippen LogP contribution in [-0.4, -0.2) is 112 Å². The standard InChI is InChI=1S/C47H54N8O6/c1-32-44(45-49-38(34-14-7-5-8-15-34)29-43(55(45)51-32)53-24-22-52(23-25-53)26-27-56)35-16-10-13-33(28-35)12-6-3-2-4-9-21-48-42(58)31-61-40-18-11-17-36-37(40)30-54(47(36)60)39-19-20-41(57)50-46(39)59/h5,7-8,10-11,13-18,28-29,39,56H,2-4,6,9,12,19-27,30-31H2,1H3,(H,48,58)(H,50,57,59). The molecular weight excluding hydrogens is 773 g/mol. The van der Waals surface area contributed by atoms with Crippen LogP contribution in [0.4, 0.5) is 5.82 Å². The molecule has 3 aliphatic heterocycles. The second kappa shape index (κ2) is 19.1. The number of nitrogens with zero attached hydrogens (tertiary/aromatic N) is 6. The summed E-state index contributed by atoms with van der Waals surface area (Å²) < 4.78 is 7.86. The smallest absolute Gasteiger partial charge is 0.257 e. The van der Waals surface area contributed by atoms with Crippen molar-refractivity contribution in [2.45, 2.75) is 70.9 Å². The number of β-amino-alcohol motifs (C(OH)–C–C–N with tert-alkyl or cyclic N) is 1. The van der Waals surface area contributed by atoms with E-state index in [4.69, 9.17) is 14.8 Å². The molecule has 0 bridgehead atoms. The van der Waals surface area contributed by atoms with Crippen molar-refractivity contribution in [3.63, 3.8) is 0 Å². The number of unbranched alkanes of at least 4 members (excludes halogenated alkanes) is 4. The Morgan fingerprint density at radius 1 is 0.902 bits per heavy atom. The minimum Gasteiger partial charge on any atom is -0.483 e. The number of aliphatic hydroxyl groups is 1. The molecule has 318 valence electrons. The summed E-state index contributed by atoms with van der Waals surface area (Å²) >= 11 is 0. The second-order valence-corrected chi connectivity index (χ2v) is 16.2. The van der Waals surface area contributed by atoms with Crippen molar-refractivity contribution in [3.8, 4) is 28.1 Å². The SMILES string of the molecule is Cc1nn2c(N3CCN(CCO)CC3)cc(-c3ccccc3)nc2c1-c1cccc(CCCCCCCNC(=O)COc2cccc3c2CN(C2CCC(=O)NC2=O)C3=O)c1. The van der Waals surface area contributed by atoms with Crippen molar-refractivity contribution in [2.24, 2.45) is 0 Å². The first-order valence-electron chi connectivity index (χ1n) is 21.6. The van der Waals surface area contributed by atoms with Gasteiger partial charge >= 0.3 is 0 Å². The molecule has 14 nitrogen and oxygen atoms in total. The number of anilines is 1. The lowest BCUT2D eigenvalue weighted by Gasteiger charge is -2.35. The van der Waals surface area contributed by atoms with Gasteiger partial charge in [-0.25, -0.2) is 4.98 Å². The molecule has 1 atom stereocenters. The van der Waals surface area contributed by atoms with Crippen molar-refractivity contribution in [1.82, 2.24) is 35.0 Å². The van der Waals surface area contributed by atoms with E-state index < -0.39 is 11.9 Å².